The van der Waals surface area contributed by atoms with Crippen LogP contribution >= 0.6 is 0 Å². The molecule has 0 bridgehead atoms. The quantitative estimate of drug-likeness (QED) is 0.416. The Morgan fingerprint density at radius 1 is 1.00 bits per heavy atom. The Kier molecular flexibility index (Phi) is 7.63. The molecular weight excluding hydrogens is 376 g/mol. The fourth-order valence-electron chi connectivity index (χ4n) is 3.66. The number of hydrogen-bond donors (Lipinski definition) is 0. The van der Waals surface area contributed by atoms with E-state index in [2.05, 4.69) is 66.9 Å². The van der Waals surface area contributed by atoms with Gasteiger partial charge in [-0.1, -0.05) is 26.0 Å². The number of rotatable bonds is 11. The van der Waals surface area contributed by atoms with Gasteiger partial charge in [0.2, 0.25) is 0 Å². The Morgan fingerprint density at radius 3 is 2.53 bits per heavy atom. The monoisotopic (exact) mass is 410 g/mol. The number of ether oxygens (including phenoxy) is 3. The van der Waals surface area contributed by atoms with Crippen molar-refractivity contribution in [1.29, 1.82) is 0 Å². The van der Waals surface area contributed by atoms with Gasteiger partial charge in [-0.15, -0.1) is 0 Å². The van der Waals surface area contributed by atoms with Gasteiger partial charge in [0.1, 0.15) is 5.75 Å². The van der Waals surface area contributed by atoms with E-state index in [-0.39, 0.29) is 0 Å². The Balaban J connectivity index is 1.48. The topological polar surface area (TPSA) is 35.3 Å². The summed E-state index contributed by atoms with van der Waals surface area (Å²) in [6.07, 6.45) is 6.23. The molecule has 0 saturated carbocycles. The predicted octanol–water partition coefficient (Wildman–Crippen LogP) is 5.02. The number of likely N-dealkylation sites (N-methyl/N-ethyl adjacent to an activating group) is 1. The third kappa shape index (κ3) is 5.28. The maximum atomic E-state index is 6.24. The molecule has 0 amide bonds. The van der Waals surface area contributed by atoms with Gasteiger partial charge in [-0.3, -0.25) is 0 Å². The van der Waals surface area contributed by atoms with Crippen LogP contribution in [0.25, 0.3) is 5.52 Å². The zero-order valence-electron chi connectivity index (χ0n) is 18.9. The average molecular weight is 411 g/mol. The molecule has 2 aromatic heterocycles. The minimum atomic E-state index is 0.434. The molecule has 5 heteroatoms. The molecule has 0 spiro atoms. The highest BCUT2D eigenvalue weighted by Crippen LogP contribution is 2.33. The molecule has 0 aliphatic carbocycles. The molecule has 5 nitrogen and oxygen atoms in total. The lowest BCUT2D eigenvalue weighted by Crippen LogP contribution is -2.23. The van der Waals surface area contributed by atoms with E-state index in [9.17, 15) is 0 Å². The molecule has 0 N–H and O–H groups in total. The molecule has 30 heavy (non-hydrogen) atoms. The third-order valence-corrected chi connectivity index (χ3v) is 5.45. The van der Waals surface area contributed by atoms with Gasteiger partial charge in [-0.25, -0.2) is 0 Å². The Morgan fingerprint density at radius 2 is 1.80 bits per heavy atom. The highest BCUT2D eigenvalue weighted by molar-refractivity contribution is 5.65. The summed E-state index contributed by atoms with van der Waals surface area (Å²) in [5.41, 5.74) is 3.66. The van der Waals surface area contributed by atoms with Crippen molar-refractivity contribution < 1.29 is 14.2 Å². The summed E-state index contributed by atoms with van der Waals surface area (Å²) in [5.74, 6) is 3.01. The first kappa shape index (κ1) is 22.0. The fourth-order valence-corrected chi connectivity index (χ4v) is 3.66. The lowest BCUT2D eigenvalue weighted by molar-refractivity contribution is 0.264. The highest BCUT2D eigenvalue weighted by Gasteiger charge is 2.14. The first-order chi connectivity index (χ1) is 14.5. The van der Waals surface area contributed by atoms with Crippen LogP contribution in [0, 0.1) is 0 Å². The number of benzene rings is 1. The molecule has 3 rings (SSSR count). The molecule has 0 radical (unpaired) electrons. The van der Waals surface area contributed by atoms with E-state index in [0.717, 1.165) is 55.3 Å². The number of methoxy groups -OCH3 is 2. The molecule has 0 aliphatic rings. The van der Waals surface area contributed by atoms with E-state index in [1.165, 1.54) is 11.1 Å². The first-order valence-electron chi connectivity index (χ1n) is 10.6. The molecule has 0 saturated heterocycles. The van der Waals surface area contributed by atoms with E-state index in [1.807, 2.05) is 12.1 Å². The van der Waals surface area contributed by atoms with Gasteiger partial charge in [0.05, 0.1) is 26.3 Å². The van der Waals surface area contributed by atoms with E-state index in [1.54, 1.807) is 14.2 Å². The number of hydrogen-bond acceptors (Lipinski definition) is 4. The molecule has 0 fully saturated rings. The van der Waals surface area contributed by atoms with Crippen LogP contribution in [0.4, 0.5) is 0 Å². The average Bonchev–Trinajstić information content (AvgIpc) is 3.14. The second-order valence-electron chi connectivity index (χ2n) is 8.01. The third-order valence-electron chi connectivity index (χ3n) is 5.45. The van der Waals surface area contributed by atoms with Crippen LogP contribution in [0.2, 0.25) is 0 Å². The van der Waals surface area contributed by atoms with Crippen molar-refractivity contribution in [3.8, 4) is 17.2 Å². The molecule has 0 unspecified atom stereocenters. The number of pyridine rings is 1. The fraction of sp³-hybridized carbons (Fsp3) is 0.440. The normalized spacial score (nSPS) is 11.4. The largest absolute Gasteiger partial charge is 0.493 e. The Labute approximate surface area is 180 Å². The molecule has 162 valence electrons. The summed E-state index contributed by atoms with van der Waals surface area (Å²) < 4.78 is 19.1. The van der Waals surface area contributed by atoms with Crippen molar-refractivity contribution in [3.05, 3.63) is 59.9 Å². The Hall–Kier alpha value is -2.66. The summed E-state index contributed by atoms with van der Waals surface area (Å²) >= 11 is 0. The van der Waals surface area contributed by atoms with Gasteiger partial charge >= 0.3 is 0 Å². The van der Waals surface area contributed by atoms with Gasteiger partial charge < -0.3 is 23.5 Å². The van der Waals surface area contributed by atoms with Crippen molar-refractivity contribution in [2.24, 2.45) is 0 Å². The molecule has 0 aliphatic heterocycles. The van der Waals surface area contributed by atoms with E-state index < -0.39 is 0 Å². The van der Waals surface area contributed by atoms with Crippen LogP contribution in [0.1, 0.15) is 37.3 Å². The van der Waals surface area contributed by atoms with Crippen molar-refractivity contribution >= 4 is 5.52 Å². The smallest absolute Gasteiger partial charge is 0.160 e. The summed E-state index contributed by atoms with van der Waals surface area (Å²) in [4.78, 5) is 2.35. The molecular formula is C25H34N2O3. The summed E-state index contributed by atoms with van der Waals surface area (Å²) in [5, 5.41) is 0. The number of aromatic nitrogens is 1. The van der Waals surface area contributed by atoms with Crippen molar-refractivity contribution in [2.45, 2.75) is 32.6 Å². The van der Waals surface area contributed by atoms with E-state index in [4.69, 9.17) is 14.2 Å². The maximum Gasteiger partial charge on any atom is 0.160 e. The van der Waals surface area contributed by atoms with Gasteiger partial charge in [-0.2, -0.15) is 0 Å². The lowest BCUT2D eigenvalue weighted by Gasteiger charge is -2.17. The summed E-state index contributed by atoms with van der Waals surface area (Å²) in [6.45, 7) is 7.13. The van der Waals surface area contributed by atoms with Crippen molar-refractivity contribution in [2.75, 3.05) is 41.0 Å². The van der Waals surface area contributed by atoms with Gasteiger partial charge in [-0.05, 0) is 55.6 Å². The molecule has 0 atom stereocenters. The second-order valence-corrected chi connectivity index (χ2v) is 8.01. The summed E-state index contributed by atoms with van der Waals surface area (Å²) in [6, 6.07) is 12.4. The highest BCUT2D eigenvalue weighted by atomic mass is 16.5. The Bertz CT molecular complexity index is 949. The zero-order chi connectivity index (χ0) is 21.5. The van der Waals surface area contributed by atoms with E-state index >= 15 is 0 Å². The van der Waals surface area contributed by atoms with Crippen LogP contribution in [-0.2, 0) is 6.42 Å². The van der Waals surface area contributed by atoms with Gasteiger partial charge in [0.15, 0.2) is 11.5 Å². The second kappa shape index (κ2) is 10.4. The van der Waals surface area contributed by atoms with Crippen LogP contribution in [0.3, 0.4) is 0 Å². The summed E-state index contributed by atoms with van der Waals surface area (Å²) in [7, 11) is 5.50. The minimum absolute atomic E-state index is 0.434. The molecule has 1 aromatic carbocycles. The SMILES string of the molecule is COc1ccc(CCN(C)CCCOc2c(C(C)C)cn3ccccc23)cc1OC. The van der Waals surface area contributed by atoms with Crippen molar-refractivity contribution in [3.63, 3.8) is 0 Å². The first-order valence-corrected chi connectivity index (χ1v) is 10.6. The van der Waals surface area contributed by atoms with Crippen LogP contribution in [-0.4, -0.2) is 50.3 Å². The standard InChI is InChI=1S/C25H34N2O3/c1-19(2)21-18-27-14-7-6-9-22(27)25(21)30-16-8-13-26(3)15-12-20-10-11-23(28-4)24(17-20)29-5/h6-7,9-11,14,17-19H,8,12-13,15-16H2,1-5H3. The van der Waals surface area contributed by atoms with E-state index in [0.29, 0.717) is 5.92 Å². The van der Waals surface area contributed by atoms with Crippen molar-refractivity contribution in [1.82, 2.24) is 9.30 Å². The van der Waals surface area contributed by atoms with Crippen LogP contribution < -0.4 is 14.2 Å². The van der Waals surface area contributed by atoms with Gasteiger partial charge in [0, 0.05) is 31.0 Å². The minimum Gasteiger partial charge on any atom is -0.493 e. The lowest BCUT2D eigenvalue weighted by atomic mass is 10.1. The number of nitrogens with zero attached hydrogens (tertiary/aromatic N) is 2. The maximum absolute atomic E-state index is 6.24. The van der Waals surface area contributed by atoms with Gasteiger partial charge in [0.25, 0.3) is 0 Å². The zero-order valence-corrected chi connectivity index (χ0v) is 18.9. The molecule has 3 aromatic rings. The molecule has 2 heterocycles. The van der Waals surface area contributed by atoms with Crippen LogP contribution in [0.15, 0.2) is 48.8 Å². The van der Waals surface area contributed by atoms with Crippen LogP contribution in [0.5, 0.6) is 17.2 Å². The predicted molar refractivity (Wildman–Crippen MR) is 122 cm³/mol. The number of fused-ring (bicyclic) bond motifs is 1.